The first-order valence-corrected chi connectivity index (χ1v) is 8.06. The number of nitrogens with two attached hydrogens (primary N) is 1. The summed E-state index contributed by atoms with van der Waals surface area (Å²) in [7, 11) is 0. The number of rotatable bonds is 5. The first kappa shape index (κ1) is 15.9. The molecule has 116 valence electrons. The zero-order chi connectivity index (χ0) is 15.5. The molecule has 21 heavy (non-hydrogen) atoms. The van der Waals surface area contributed by atoms with Gasteiger partial charge in [0.05, 0.1) is 5.56 Å². The number of anilines is 1. The van der Waals surface area contributed by atoms with Gasteiger partial charge in [-0.1, -0.05) is 32.8 Å². The number of carbonyl (C=O) groups is 1. The quantitative estimate of drug-likeness (QED) is 0.807. The van der Waals surface area contributed by atoms with Gasteiger partial charge in [-0.3, -0.25) is 4.79 Å². The SMILES string of the molecule is Cc1ccc(C(=O)NCC2(CC(C)C)CCCC2)c(N)c1. The molecule has 3 nitrogen and oxygen atoms in total. The van der Waals surface area contributed by atoms with E-state index < -0.39 is 0 Å². The highest BCUT2D eigenvalue weighted by Crippen LogP contribution is 2.42. The Morgan fingerprint density at radius 3 is 2.57 bits per heavy atom. The Balaban J connectivity index is 2.02. The van der Waals surface area contributed by atoms with Gasteiger partial charge < -0.3 is 11.1 Å². The van der Waals surface area contributed by atoms with E-state index in [0.29, 0.717) is 22.6 Å². The number of hydrogen-bond acceptors (Lipinski definition) is 2. The van der Waals surface area contributed by atoms with Crippen LogP contribution in [0.5, 0.6) is 0 Å². The van der Waals surface area contributed by atoms with Gasteiger partial charge in [-0.25, -0.2) is 0 Å². The summed E-state index contributed by atoms with van der Waals surface area (Å²) in [6, 6.07) is 5.61. The zero-order valence-corrected chi connectivity index (χ0v) is 13.5. The Kier molecular flexibility index (Phi) is 4.92. The average Bonchev–Trinajstić information content (AvgIpc) is 2.84. The van der Waals surface area contributed by atoms with Crippen molar-refractivity contribution in [2.75, 3.05) is 12.3 Å². The molecule has 0 bridgehead atoms. The lowest BCUT2D eigenvalue weighted by Crippen LogP contribution is -2.37. The van der Waals surface area contributed by atoms with Gasteiger partial charge in [-0.05, 0) is 55.2 Å². The molecule has 2 rings (SSSR count). The molecule has 1 aliphatic carbocycles. The van der Waals surface area contributed by atoms with E-state index in [0.717, 1.165) is 12.1 Å². The van der Waals surface area contributed by atoms with Crippen LogP contribution in [0.4, 0.5) is 5.69 Å². The van der Waals surface area contributed by atoms with Crippen molar-refractivity contribution >= 4 is 11.6 Å². The fourth-order valence-electron chi connectivity index (χ4n) is 3.70. The number of nitrogens with one attached hydrogen (secondary N) is 1. The van der Waals surface area contributed by atoms with E-state index in [9.17, 15) is 4.79 Å². The number of benzene rings is 1. The Labute approximate surface area is 128 Å². The smallest absolute Gasteiger partial charge is 0.253 e. The second-order valence-electron chi connectivity index (χ2n) is 7.08. The van der Waals surface area contributed by atoms with Gasteiger partial charge in [0.15, 0.2) is 0 Å². The highest BCUT2D eigenvalue weighted by atomic mass is 16.1. The number of hydrogen-bond donors (Lipinski definition) is 2. The largest absolute Gasteiger partial charge is 0.398 e. The highest BCUT2D eigenvalue weighted by Gasteiger charge is 2.34. The molecule has 3 heteroatoms. The molecular weight excluding hydrogens is 260 g/mol. The summed E-state index contributed by atoms with van der Waals surface area (Å²) < 4.78 is 0. The molecule has 0 saturated heterocycles. The van der Waals surface area contributed by atoms with Crippen LogP contribution in [0.1, 0.15) is 61.9 Å². The molecule has 1 fully saturated rings. The summed E-state index contributed by atoms with van der Waals surface area (Å²) in [6.45, 7) is 7.28. The van der Waals surface area contributed by atoms with Crippen molar-refractivity contribution in [2.24, 2.45) is 11.3 Å². The van der Waals surface area contributed by atoms with Crippen LogP contribution in [-0.4, -0.2) is 12.5 Å². The molecule has 0 radical (unpaired) electrons. The van der Waals surface area contributed by atoms with Crippen LogP contribution in [0.25, 0.3) is 0 Å². The summed E-state index contributed by atoms with van der Waals surface area (Å²) in [4.78, 5) is 12.4. The van der Waals surface area contributed by atoms with Gasteiger partial charge in [0.2, 0.25) is 0 Å². The second-order valence-corrected chi connectivity index (χ2v) is 7.08. The first-order valence-electron chi connectivity index (χ1n) is 8.06. The van der Waals surface area contributed by atoms with Crippen LogP contribution in [0, 0.1) is 18.3 Å². The average molecular weight is 288 g/mol. The zero-order valence-electron chi connectivity index (χ0n) is 13.5. The molecular formula is C18H28N2O. The molecule has 1 saturated carbocycles. The number of nitrogen functional groups attached to an aromatic ring is 1. The highest BCUT2D eigenvalue weighted by molar-refractivity contribution is 5.99. The van der Waals surface area contributed by atoms with Gasteiger partial charge in [0.25, 0.3) is 5.91 Å². The van der Waals surface area contributed by atoms with Gasteiger partial charge in [-0.15, -0.1) is 0 Å². The fourth-order valence-corrected chi connectivity index (χ4v) is 3.70. The Morgan fingerprint density at radius 1 is 1.33 bits per heavy atom. The third-order valence-corrected chi connectivity index (χ3v) is 4.58. The van der Waals surface area contributed by atoms with Gasteiger partial charge in [0.1, 0.15) is 0 Å². The molecule has 0 heterocycles. The minimum absolute atomic E-state index is 0.0393. The Morgan fingerprint density at radius 2 is 2.00 bits per heavy atom. The van der Waals surface area contributed by atoms with Crippen molar-refractivity contribution < 1.29 is 4.79 Å². The van der Waals surface area contributed by atoms with Crippen molar-refractivity contribution in [3.05, 3.63) is 29.3 Å². The second kappa shape index (κ2) is 6.50. The van der Waals surface area contributed by atoms with Crippen LogP contribution < -0.4 is 11.1 Å². The maximum atomic E-state index is 12.4. The van der Waals surface area contributed by atoms with Crippen LogP contribution in [-0.2, 0) is 0 Å². The van der Waals surface area contributed by atoms with Crippen molar-refractivity contribution in [3.63, 3.8) is 0 Å². The van der Waals surface area contributed by atoms with E-state index in [1.807, 2.05) is 25.1 Å². The van der Waals surface area contributed by atoms with E-state index >= 15 is 0 Å². The lowest BCUT2D eigenvalue weighted by atomic mass is 9.78. The predicted octanol–water partition coefficient (Wildman–Crippen LogP) is 3.91. The lowest BCUT2D eigenvalue weighted by Gasteiger charge is -2.31. The normalized spacial score (nSPS) is 17.1. The standard InChI is InChI=1S/C18H28N2O/c1-13(2)11-18(8-4-5-9-18)12-20-17(21)15-7-6-14(3)10-16(15)19/h6-7,10,13H,4-5,8-9,11-12,19H2,1-3H3,(H,20,21). The van der Waals surface area contributed by atoms with Crippen molar-refractivity contribution in [2.45, 2.75) is 52.9 Å². The van der Waals surface area contributed by atoms with Crippen LogP contribution >= 0.6 is 0 Å². The minimum atomic E-state index is -0.0393. The van der Waals surface area contributed by atoms with E-state index in [-0.39, 0.29) is 5.91 Å². The monoisotopic (exact) mass is 288 g/mol. The Hall–Kier alpha value is -1.51. The summed E-state index contributed by atoms with van der Waals surface area (Å²) in [6.07, 6.45) is 6.23. The molecule has 0 spiro atoms. The molecule has 3 N–H and O–H groups in total. The van der Waals surface area contributed by atoms with Crippen LogP contribution in [0.2, 0.25) is 0 Å². The maximum absolute atomic E-state index is 12.4. The summed E-state index contributed by atoms with van der Waals surface area (Å²) >= 11 is 0. The Bertz CT molecular complexity index is 502. The van der Waals surface area contributed by atoms with E-state index in [2.05, 4.69) is 19.2 Å². The van der Waals surface area contributed by atoms with Crippen molar-refractivity contribution in [1.82, 2.24) is 5.32 Å². The molecule has 1 aliphatic rings. The topological polar surface area (TPSA) is 55.1 Å². The van der Waals surface area contributed by atoms with Crippen LogP contribution in [0.15, 0.2) is 18.2 Å². The molecule has 1 amide bonds. The maximum Gasteiger partial charge on any atom is 0.253 e. The summed E-state index contributed by atoms with van der Waals surface area (Å²) in [5.74, 6) is 0.631. The number of aryl methyl sites for hydroxylation is 1. The summed E-state index contributed by atoms with van der Waals surface area (Å²) in [5.41, 5.74) is 8.50. The molecule has 0 unspecified atom stereocenters. The van der Waals surface area contributed by atoms with Crippen LogP contribution in [0.3, 0.4) is 0 Å². The molecule has 0 aliphatic heterocycles. The van der Waals surface area contributed by atoms with Crippen molar-refractivity contribution in [3.8, 4) is 0 Å². The third kappa shape index (κ3) is 3.99. The third-order valence-electron chi connectivity index (χ3n) is 4.58. The first-order chi connectivity index (χ1) is 9.92. The molecule has 1 aromatic rings. The summed E-state index contributed by atoms with van der Waals surface area (Å²) in [5, 5.41) is 3.13. The van der Waals surface area contributed by atoms with E-state index in [1.54, 1.807) is 0 Å². The van der Waals surface area contributed by atoms with Crippen molar-refractivity contribution in [1.29, 1.82) is 0 Å². The van der Waals surface area contributed by atoms with E-state index in [4.69, 9.17) is 5.73 Å². The molecule has 0 atom stereocenters. The van der Waals surface area contributed by atoms with Gasteiger partial charge in [0, 0.05) is 12.2 Å². The molecule has 0 aromatic heterocycles. The van der Waals surface area contributed by atoms with E-state index in [1.165, 1.54) is 32.1 Å². The fraction of sp³-hybridized carbons (Fsp3) is 0.611. The molecule has 1 aromatic carbocycles. The number of amides is 1. The lowest BCUT2D eigenvalue weighted by molar-refractivity contribution is 0.0922. The predicted molar refractivity (Wildman–Crippen MR) is 88.3 cm³/mol. The minimum Gasteiger partial charge on any atom is -0.398 e. The van der Waals surface area contributed by atoms with Gasteiger partial charge >= 0.3 is 0 Å². The number of carbonyl (C=O) groups excluding carboxylic acids is 1. The van der Waals surface area contributed by atoms with Gasteiger partial charge in [-0.2, -0.15) is 0 Å².